The highest BCUT2D eigenvalue weighted by atomic mass is 32.2. The molecule has 2 aromatic carbocycles. The monoisotopic (exact) mass is 390 g/mol. The molecule has 0 aliphatic carbocycles. The first-order chi connectivity index (χ1) is 12.8. The summed E-state index contributed by atoms with van der Waals surface area (Å²) in [5.41, 5.74) is -1.92. The Labute approximate surface area is 153 Å². The SMILES string of the molecule is O=C(N=S(=O)(c1ccccc1)c1ccccc1)c1cnccc1C(F)(F)F. The number of benzene rings is 2. The number of amides is 1. The lowest BCUT2D eigenvalue weighted by atomic mass is 10.1. The van der Waals surface area contributed by atoms with E-state index in [1.807, 2.05) is 0 Å². The topological polar surface area (TPSA) is 59.4 Å². The van der Waals surface area contributed by atoms with Crippen molar-refractivity contribution in [3.63, 3.8) is 0 Å². The summed E-state index contributed by atoms with van der Waals surface area (Å²) in [4.78, 5) is 16.6. The van der Waals surface area contributed by atoms with Crippen LogP contribution in [0, 0.1) is 0 Å². The van der Waals surface area contributed by atoms with E-state index in [0.29, 0.717) is 6.07 Å². The summed E-state index contributed by atoms with van der Waals surface area (Å²) in [6.07, 6.45) is -3.04. The van der Waals surface area contributed by atoms with Gasteiger partial charge in [-0.1, -0.05) is 36.4 Å². The maximum absolute atomic E-state index is 13.6. The Kier molecular flexibility index (Phi) is 5.09. The van der Waals surface area contributed by atoms with E-state index in [1.54, 1.807) is 36.4 Å². The van der Waals surface area contributed by atoms with Crippen molar-refractivity contribution in [1.82, 2.24) is 4.98 Å². The Balaban J connectivity index is 2.23. The van der Waals surface area contributed by atoms with Crippen molar-refractivity contribution in [1.29, 1.82) is 0 Å². The minimum Gasteiger partial charge on any atom is -0.266 e. The van der Waals surface area contributed by atoms with Gasteiger partial charge in [0.1, 0.15) is 9.73 Å². The second-order valence-electron chi connectivity index (χ2n) is 5.47. The van der Waals surface area contributed by atoms with Gasteiger partial charge in [-0.25, -0.2) is 4.21 Å². The van der Waals surface area contributed by atoms with Gasteiger partial charge in [-0.2, -0.15) is 13.2 Å². The van der Waals surface area contributed by atoms with Gasteiger partial charge in [-0.3, -0.25) is 9.78 Å². The molecule has 138 valence electrons. The number of carbonyl (C=O) groups is 1. The zero-order valence-electron chi connectivity index (χ0n) is 13.8. The highest BCUT2D eigenvalue weighted by Gasteiger charge is 2.35. The molecule has 0 unspecified atom stereocenters. The lowest BCUT2D eigenvalue weighted by molar-refractivity contribution is -0.138. The second-order valence-corrected chi connectivity index (χ2v) is 7.64. The normalized spacial score (nSPS) is 11.8. The van der Waals surface area contributed by atoms with Crippen LogP contribution in [0.4, 0.5) is 13.2 Å². The van der Waals surface area contributed by atoms with E-state index in [9.17, 15) is 22.2 Å². The molecule has 0 aliphatic heterocycles. The molecule has 0 saturated carbocycles. The minimum absolute atomic E-state index is 0.224. The van der Waals surface area contributed by atoms with Crippen LogP contribution in [0.5, 0.6) is 0 Å². The molecule has 0 N–H and O–H groups in total. The van der Waals surface area contributed by atoms with Gasteiger partial charge in [-0.05, 0) is 30.3 Å². The van der Waals surface area contributed by atoms with Crippen LogP contribution in [-0.2, 0) is 15.9 Å². The fraction of sp³-hybridized carbons (Fsp3) is 0.0526. The van der Waals surface area contributed by atoms with Gasteiger partial charge in [0.2, 0.25) is 0 Å². The molecule has 0 bridgehead atoms. The second kappa shape index (κ2) is 7.32. The molecule has 0 atom stereocenters. The summed E-state index contributed by atoms with van der Waals surface area (Å²) in [6, 6.07) is 16.6. The lowest BCUT2D eigenvalue weighted by Crippen LogP contribution is -2.14. The molecule has 3 rings (SSSR count). The number of hydrogen-bond donors (Lipinski definition) is 0. The summed E-state index contributed by atoms with van der Waals surface area (Å²) in [7, 11) is -3.48. The van der Waals surface area contributed by atoms with E-state index < -0.39 is 32.9 Å². The fourth-order valence-corrected chi connectivity index (χ4v) is 4.30. The van der Waals surface area contributed by atoms with Crippen molar-refractivity contribution in [2.75, 3.05) is 0 Å². The highest BCUT2D eigenvalue weighted by Crippen LogP contribution is 2.32. The molecule has 27 heavy (non-hydrogen) atoms. The molecule has 0 aliphatic rings. The van der Waals surface area contributed by atoms with Crippen LogP contribution in [0.25, 0.3) is 0 Å². The molecule has 1 heterocycles. The Morgan fingerprint density at radius 1 is 0.889 bits per heavy atom. The van der Waals surface area contributed by atoms with Crippen molar-refractivity contribution in [2.24, 2.45) is 4.36 Å². The maximum atomic E-state index is 13.6. The van der Waals surface area contributed by atoms with Crippen LogP contribution < -0.4 is 0 Å². The van der Waals surface area contributed by atoms with Gasteiger partial charge in [0.25, 0.3) is 5.91 Å². The number of nitrogens with zero attached hydrogens (tertiary/aromatic N) is 2. The van der Waals surface area contributed by atoms with Gasteiger partial charge >= 0.3 is 6.18 Å². The van der Waals surface area contributed by atoms with Crippen molar-refractivity contribution >= 4 is 15.6 Å². The third kappa shape index (κ3) is 3.90. The van der Waals surface area contributed by atoms with E-state index >= 15 is 0 Å². The van der Waals surface area contributed by atoms with Crippen molar-refractivity contribution in [3.05, 3.63) is 90.3 Å². The molecule has 0 fully saturated rings. The van der Waals surface area contributed by atoms with Gasteiger partial charge in [0.15, 0.2) is 0 Å². The predicted octanol–water partition coefficient (Wildman–Crippen LogP) is 4.83. The van der Waals surface area contributed by atoms with Gasteiger partial charge in [0.05, 0.1) is 20.9 Å². The standard InChI is InChI=1S/C19H13F3N2O2S/c20-19(21,22)17-11-12-23-13-16(17)18(25)24-27(26,14-7-3-1-4-8-14)15-9-5-2-6-10-15/h1-13H. The molecule has 4 nitrogen and oxygen atoms in total. The predicted molar refractivity (Wildman–Crippen MR) is 93.6 cm³/mol. The zero-order valence-corrected chi connectivity index (χ0v) is 14.6. The van der Waals surface area contributed by atoms with E-state index in [2.05, 4.69) is 9.35 Å². The average molecular weight is 390 g/mol. The highest BCUT2D eigenvalue weighted by molar-refractivity contribution is 7.94. The smallest absolute Gasteiger partial charge is 0.266 e. The van der Waals surface area contributed by atoms with Crippen molar-refractivity contribution in [2.45, 2.75) is 16.0 Å². The summed E-state index contributed by atoms with van der Waals surface area (Å²) in [6.45, 7) is 0. The Morgan fingerprint density at radius 2 is 1.41 bits per heavy atom. The number of alkyl halides is 3. The molecule has 0 radical (unpaired) electrons. The Hall–Kier alpha value is -3.00. The summed E-state index contributed by atoms with van der Waals surface area (Å²) < 4.78 is 57.0. The number of carbonyl (C=O) groups excluding carboxylic acids is 1. The van der Waals surface area contributed by atoms with Crippen LogP contribution in [0.15, 0.2) is 93.3 Å². The molecular formula is C19H13F3N2O2S. The van der Waals surface area contributed by atoms with Gasteiger partial charge < -0.3 is 0 Å². The van der Waals surface area contributed by atoms with Crippen LogP contribution in [-0.4, -0.2) is 15.1 Å². The van der Waals surface area contributed by atoms with E-state index in [0.717, 1.165) is 12.4 Å². The number of aromatic nitrogens is 1. The van der Waals surface area contributed by atoms with Gasteiger partial charge in [-0.15, -0.1) is 4.36 Å². The number of rotatable bonds is 3. The molecule has 8 heteroatoms. The zero-order chi connectivity index (χ0) is 19.5. The fourth-order valence-electron chi connectivity index (χ4n) is 2.43. The summed E-state index contributed by atoms with van der Waals surface area (Å²) in [5, 5.41) is 0. The first kappa shape index (κ1) is 18.8. The maximum Gasteiger partial charge on any atom is 0.417 e. The molecular weight excluding hydrogens is 377 g/mol. The number of halogens is 3. The molecule has 3 aromatic rings. The molecule has 0 spiro atoms. The third-order valence-electron chi connectivity index (χ3n) is 3.69. The number of hydrogen-bond acceptors (Lipinski definition) is 3. The van der Waals surface area contributed by atoms with Crippen LogP contribution in [0.1, 0.15) is 15.9 Å². The lowest BCUT2D eigenvalue weighted by Gasteiger charge is -2.12. The van der Waals surface area contributed by atoms with Crippen LogP contribution in [0.3, 0.4) is 0 Å². The van der Waals surface area contributed by atoms with Crippen LogP contribution >= 0.6 is 0 Å². The molecule has 1 amide bonds. The number of pyridine rings is 1. The van der Waals surface area contributed by atoms with E-state index in [-0.39, 0.29) is 9.79 Å². The Bertz CT molecular complexity index is 1030. The van der Waals surface area contributed by atoms with E-state index in [4.69, 9.17) is 0 Å². The first-order valence-corrected chi connectivity index (χ1v) is 9.27. The largest absolute Gasteiger partial charge is 0.417 e. The van der Waals surface area contributed by atoms with Crippen molar-refractivity contribution < 1.29 is 22.2 Å². The third-order valence-corrected chi connectivity index (χ3v) is 5.94. The Morgan fingerprint density at radius 3 is 1.89 bits per heavy atom. The minimum atomic E-state index is -4.76. The van der Waals surface area contributed by atoms with Crippen LogP contribution in [0.2, 0.25) is 0 Å². The van der Waals surface area contributed by atoms with Gasteiger partial charge in [0, 0.05) is 12.4 Å². The average Bonchev–Trinajstić information content (AvgIpc) is 2.68. The quantitative estimate of drug-likeness (QED) is 0.644. The summed E-state index contributed by atoms with van der Waals surface area (Å²) in [5.74, 6) is -1.24. The molecule has 0 saturated heterocycles. The van der Waals surface area contributed by atoms with Crippen molar-refractivity contribution in [3.8, 4) is 0 Å². The first-order valence-electron chi connectivity index (χ1n) is 7.75. The summed E-state index contributed by atoms with van der Waals surface area (Å²) >= 11 is 0. The molecule has 1 aromatic heterocycles. The van der Waals surface area contributed by atoms with E-state index in [1.165, 1.54) is 24.3 Å².